The summed E-state index contributed by atoms with van der Waals surface area (Å²) in [6.45, 7) is 1.80. The minimum absolute atomic E-state index is 0.871. The Bertz CT molecular complexity index is 799. The number of allylic oxidation sites excluding steroid dienone is 1. The van der Waals surface area contributed by atoms with Gasteiger partial charge < -0.3 is 16.0 Å². The Morgan fingerprint density at radius 2 is 1.57 bits per heavy atom. The third kappa shape index (κ3) is 6.68. The molecule has 0 amide bonds. The predicted molar refractivity (Wildman–Crippen MR) is 118 cm³/mol. The molecular formula is C22H30N6. The topological polar surface area (TPSA) is 74.2 Å². The molecule has 2 aromatic rings. The van der Waals surface area contributed by atoms with Gasteiger partial charge in [0.15, 0.2) is 0 Å². The van der Waals surface area contributed by atoms with E-state index in [1.165, 1.54) is 5.71 Å². The first-order valence-corrected chi connectivity index (χ1v) is 10.1. The second-order valence-electron chi connectivity index (χ2n) is 6.85. The molecule has 3 heterocycles. The van der Waals surface area contributed by atoms with Gasteiger partial charge in [0.1, 0.15) is 17.5 Å². The van der Waals surface area contributed by atoms with E-state index in [4.69, 9.17) is 4.98 Å². The summed E-state index contributed by atoms with van der Waals surface area (Å²) in [6.07, 6.45) is 10.4. The van der Waals surface area contributed by atoms with Crippen LogP contribution in [0.4, 0.5) is 17.5 Å². The van der Waals surface area contributed by atoms with Crippen LogP contribution in [-0.4, -0.2) is 35.8 Å². The first-order valence-electron chi connectivity index (χ1n) is 10.1. The molecule has 0 unspecified atom stereocenters. The molecule has 6 heteroatoms. The van der Waals surface area contributed by atoms with Crippen molar-refractivity contribution in [2.75, 3.05) is 36.1 Å². The van der Waals surface area contributed by atoms with Crippen molar-refractivity contribution in [3.63, 3.8) is 0 Å². The number of rotatable bonds is 11. The van der Waals surface area contributed by atoms with Gasteiger partial charge in [-0.05, 0) is 62.8 Å². The number of hydrogen-bond acceptors (Lipinski definition) is 6. The van der Waals surface area contributed by atoms with Crippen LogP contribution in [0, 0.1) is 0 Å². The fourth-order valence-electron chi connectivity index (χ4n) is 3.12. The Kier molecular flexibility index (Phi) is 7.85. The van der Waals surface area contributed by atoms with Crippen LogP contribution in [-0.2, 0) is 6.42 Å². The van der Waals surface area contributed by atoms with Crippen LogP contribution >= 0.6 is 0 Å². The first-order chi connectivity index (χ1) is 13.8. The van der Waals surface area contributed by atoms with E-state index in [9.17, 15) is 0 Å². The Balaban J connectivity index is 1.35. The van der Waals surface area contributed by atoms with Crippen LogP contribution in [0.5, 0.6) is 0 Å². The van der Waals surface area contributed by atoms with Crippen molar-refractivity contribution >= 4 is 23.2 Å². The van der Waals surface area contributed by atoms with Gasteiger partial charge in [0, 0.05) is 37.7 Å². The molecule has 2 aromatic heterocycles. The minimum Gasteiger partial charge on any atom is -0.373 e. The molecule has 3 N–H and O–H groups in total. The summed E-state index contributed by atoms with van der Waals surface area (Å²) in [7, 11) is 1.88. The molecule has 3 rings (SSSR count). The van der Waals surface area contributed by atoms with Gasteiger partial charge in [-0.25, -0.2) is 9.97 Å². The number of aromatic nitrogens is 2. The molecule has 28 heavy (non-hydrogen) atoms. The summed E-state index contributed by atoms with van der Waals surface area (Å²) in [4.78, 5) is 13.6. The molecule has 148 valence electrons. The highest BCUT2D eigenvalue weighted by molar-refractivity contribution is 5.85. The van der Waals surface area contributed by atoms with Crippen LogP contribution in [0.15, 0.2) is 53.7 Å². The smallest absolute Gasteiger partial charge is 0.128 e. The zero-order valence-corrected chi connectivity index (χ0v) is 16.6. The van der Waals surface area contributed by atoms with Crippen LogP contribution in [0.25, 0.3) is 0 Å². The monoisotopic (exact) mass is 378 g/mol. The van der Waals surface area contributed by atoms with E-state index < -0.39 is 0 Å². The largest absolute Gasteiger partial charge is 0.373 e. The maximum atomic E-state index is 4.72. The lowest BCUT2D eigenvalue weighted by molar-refractivity contribution is 0.829. The van der Waals surface area contributed by atoms with Crippen LogP contribution in [0.1, 0.15) is 37.8 Å². The number of pyridine rings is 2. The highest BCUT2D eigenvalue weighted by Crippen LogP contribution is 2.11. The zero-order chi connectivity index (χ0) is 19.4. The number of aryl methyl sites for hydroxylation is 1. The van der Waals surface area contributed by atoms with Crippen molar-refractivity contribution in [3.8, 4) is 0 Å². The average Bonchev–Trinajstić information content (AvgIpc) is 2.75. The summed E-state index contributed by atoms with van der Waals surface area (Å²) in [5, 5.41) is 9.86. The third-order valence-electron chi connectivity index (χ3n) is 4.64. The number of nitrogens with one attached hydrogen (secondary N) is 3. The Hall–Kier alpha value is -2.89. The summed E-state index contributed by atoms with van der Waals surface area (Å²) in [6, 6.07) is 12.1. The predicted octanol–water partition coefficient (Wildman–Crippen LogP) is 4.50. The molecule has 1 aliphatic rings. The molecule has 0 saturated heterocycles. The first kappa shape index (κ1) is 19.9. The van der Waals surface area contributed by atoms with Crippen molar-refractivity contribution < 1.29 is 0 Å². The van der Waals surface area contributed by atoms with Gasteiger partial charge in [-0.2, -0.15) is 0 Å². The number of anilines is 3. The molecule has 6 nitrogen and oxygen atoms in total. The third-order valence-corrected chi connectivity index (χ3v) is 4.64. The number of nitrogens with zero attached hydrogens (tertiary/aromatic N) is 3. The van der Waals surface area contributed by atoms with Gasteiger partial charge >= 0.3 is 0 Å². The van der Waals surface area contributed by atoms with Crippen molar-refractivity contribution in [1.29, 1.82) is 0 Å². The van der Waals surface area contributed by atoms with E-state index in [1.54, 1.807) is 0 Å². The zero-order valence-electron chi connectivity index (χ0n) is 16.6. The van der Waals surface area contributed by atoms with Crippen LogP contribution < -0.4 is 16.0 Å². The molecule has 0 fully saturated rings. The van der Waals surface area contributed by atoms with E-state index in [-0.39, 0.29) is 0 Å². The van der Waals surface area contributed by atoms with E-state index in [2.05, 4.69) is 44.1 Å². The molecule has 0 spiro atoms. The van der Waals surface area contributed by atoms with E-state index in [1.807, 2.05) is 37.5 Å². The average molecular weight is 379 g/mol. The molecule has 0 saturated carbocycles. The fourth-order valence-corrected chi connectivity index (χ4v) is 3.12. The highest BCUT2D eigenvalue weighted by Gasteiger charge is 2.03. The van der Waals surface area contributed by atoms with Crippen molar-refractivity contribution in [2.24, 2.45) is 4.99 Å². The summed E-state index contributed by atoms with van der Waals surface area (Å²) < 4.78 is 0. The van der Waals surface area contributed by atoms with Gasteiger partial charge in [-0.15, -0.1) is 0 Å². The molecule has 0 aromatic carbocycles. The lowest BCUT2D eigenvalue weighted by atomic mass is 10.1. The second kappa shape index (κ2) is 11.1. The summed E-state index contributed by atoms with van der Waals surface area (Å²) >= 11 is 0. The number of aliphatic imine (C=N–C) groups is 1. The SMILES string of the molecule is CNc1cccc(NCCCc2cccc(NCCCC3=NC=CCC3)n2)n1. The van der Waals surface area contributed by atoms with Crippen LogP contribution in [0.2, 0.25) is 0 Å². The standard InChI is InChI=1S/C22H30N6/c1-23-20-12-5-14-22(28-20)26-17-7-11-19-9-4-13-21(27-19)25-16-6-10-18-8-2-3-15-24-18/h3-5,9,12-15H,2,6-8,10-11,16-17H2,1H3,(H,25,27)(H2,23,26,28). The van der Waals surface area contributed by atoms with Gasteiger partial charge in [-0.3, -0.25) is 4.99 Å². The molecule has 1 aliphatic heterocycles. The van der Waals surface area contributed by atoms with Crippen molar-refractivity contribution in [3.05, 3.63) is 54.4 Å². The maximum Gasteiger partial charge on any atom is 0.128 e. The van der Waals surface area contributed by atoms with Gasteiger partial charge in [-0.1, -0.05) is 18.2 Å². The van der Waals surface area contributed by atoms with E-state index in [0.717, 1.165) is 74.8 Å². The molecule has 0 bridgehead atoms. The molecular weight excluding hydrogens is 348 g/mol. The minimum atomic E-state index is 0.871. The lowest BCUT2D eigenvalue weighted by Crippen LogP contribution is -2.09. The number of hydrogen-bond donors (Lipinski definition) is 3. The summed E-state index contributed by atoms with van der Waals surface area (Å²) in [5.74, 6) is 2.73. The van der Waals surface area contributed by atoms with Crippen molar-refractivity contribution in [1.82, 2.24) is 9.97 Å². The van der Waals surface area contributed by atoms with E-state index >= 15 is 0 Å². The van der Waals surface area contributed by atoms with E-state index in [0.29, 0.717) is 0 Å². The maximum absolute atomic E-state index is 4.72. The Morgan fingerprint density at radius 3 is 2.32 bits per heavy atom. The van der Waals surface area contributed by atoms with Gasteiger partial charge in [0.05, 0.1) is 0 Å². The molecule has 0 radical (unpaired) electrons. The fraction of sp³-hybridized carbons (Fsp3) is 0.409. The lowest BCUT2D eigenvalue weighted by Gasteiger charge is -2.10. The molecule has 0 atom stereocenters. The Labute approximate surface area is 167 Å². The van der Waals surface area contributed by atoms with Crippen LogP contribution in [0.3, 0.4) is 0 Å². The molecule has 0 aliphatic carbocycles. The highest BCUT2D eigenvalue weighted by atomic mass is 15.0. The normalized spacial score (nSPS) is 13.1. The quantitative estimate of drug-likeness (QED) is 0.502. The summed E-state index contributed by atoms with van der Waals surface area (Å²) in [5.41, 5.74) is 2.43. The van der Waals surface area contributed by atoms with Gasteiger partial charge in [0.2, 0.25) is 0 Å². The Morgan fingerprint density at radius 1 is 0.857 bits per heavy atom. The van der Waals surface area contributed by atoms with Gasteiger partial charge in [0.25, 0.3) is 0 Å². The van der Waals surface area contributed by atoms with Crippen molar-refractivity contribution in [2.45, 2.75) is 38.5 Å². The second-order valence-corrected chi connectivity index (χ2v) is 6.85.